The Morgan fingerprint density at radius 2 is 1.91 bits per heavy atom. The van der Waals surface area contributed by atoms with Crippen LogP contribution in [0, 0.1) is 6.92 Å². The molecule has 1 aromatic heterocycles. The SMILES string of the molecule is Cc1cc(S(=O)(=O)N(CCCN)Cc2ccccc2)sc1Cl.Cl. The van der Waals surface area contributed by atoms with E-state index in [-0.39, 0.29) is 16.6 Å². The van der Waals surface area contributed by atoms with Gasteiger partial charge in [0.25, 0.3) is 10.0 Å². The molecule has 23 heavy (non-hydrogen) atoms. The largest absolute Gasteiger partial charge is 0.330 e. The second kappa shape index (κ2) is 9.01. The van der Waals surface area contributed by atoms with Crippen LogP contribution in [-0.2, 0) is 16.6 Å². The molecule has 0 fully saturated rings. The van der Waals surface area contributed by atoms with Crippen LogP contribution in [0.1, 0.15) is 17.5 Å². The fraction of sp³-hybridized carbons (Fsp3) is 0.333. The molecular weight excluding hydrogens is 375 g/mol. The maximum Gasteiger partial charge on any atom is 0.252 e. The molecule has 0 spiro atoms. The molecule has 0 aliphatic heterocycles. The van der Waals surface area contributed by atoms with E-state index in [1.165, 1.54) is 4.31 Å². The van der Waals surface area contributed by atoms with Crippen molar-refractivity contribution in [3.63, 3.8) is 0 Å². The number of benzene rings is 1. The number of halogens is 2. The fourth-order valence-electron chi connectivity index (χ4n) is 2.03. The van der Waals surface area contributed by atoms with Crippen molar-refractivity contribution in [3.05, 3.63) is 51.9 Å². The molecule has 1 heterocycles. The normalized spacial score (nSPS) is 11.5. The lowest BCUT2D eigenvalue weighted by atomic mass is 10.2. The predicted molar refractivity (Wildman–Crippen MR) is 99.0 cm³/mol. The minimum absolute atomic E-state index is 0. The first-order valence-electron chi connectivity index (χ1n) is 6.95. The van der Waals surface area contributed by atoms with Crippen LogP contribution in [0.4, 0.5) is 0 Å². The Labute approximate surface area is 152 Å². The van der Waals surface area contributed by atoms with Crippen LogP contribution in [-0.4, -0.2) is 25.8 Å². The van der Waals surface area contributed by atoms with Crippen molar-refractivity contribution < 1.29 is 8.42 Å². The maximum atomic E-state index is 12.8. The highest BCUT2D eigenvalue weighted by Gasteiger charge is 2.26. The number of hydrogen-bond donors (Lipinski definition) is 1. The molecule has 0 radical (unpaired) electrons. The highest BCUT2D eigenvalue weighted by molar-refractivity contribution is 7.91. The molecule has 2 N–H and O–H groups in total. The Bertz CT molecular complexity index is 699. The second-order valence-electron chi connectivity index (χ2n) is 4.99. The third kappa shape index (κ3) is 5.17. The van der Waals surface area contributed by atoms with Crippen LogP contribution in [0.3, 0.4) is 0 Å². The summed E-state index contributed by atoms with van der Waals surface area (Å²) in [6, 6.07) is 11.2. The average molecular weight is 395 g/mol. The van der Waals surface area contributed by atoms with E-state index in [2.05, 4.69) is 0 Å². The molecule has 1 aromatic carbocycles. The average Bonchev–Trinajstić information content (AvgIpc) is 2.85. The van der Waals surface area contributed by atoms with Gasteiger partial charge in [-0.15, -0.1) is 23.7 Å². The molecule has 2 aromatic rings. The summed E-state index contributed by atoms with van der Waals surface area (Å²) < 4.78 is 28.0. The van der Waals surface area contributed by atoms with Gasteiger partial charge in [0, 0.05) is 13.1 Å². The summed E-state index contributed by atoms with van der Waals surface area (Å²) >= 11 is 7.12. The first kappa shape index (κ1) is 20.4. The molecule has 4 nitrogen and oxygen atoms in total. The molecule has 0 bridgehead atoms. The molecule has 0 aliphatic carbocycles. The molecule has 0 amide bonds. The van der Waals surface area contributed by atoms with Gasteiger partial charge >= 0.3 is 0 Å². The molecule has 2 rings (SSSR count). The summed E-state index contributed by atoms with van der Waals surface area (Å²) in [5.41, 5.74) is 7.27. The Morgan fingerprint density at radius 1 is 1.26 bits per heavy atom. The van der Waals surface area contributed by atoms with Crippen molar-refractivity contribution in [2.45, 2.75) is 24.1 Å². The lowest BCUT2D eigenvalue weighted by molar-refractivity contribution is 0.403. The van der Waals surface area contributed by atoms with Gasteiger partial charge in [0.15, 0.2) is 0 Å². The van der Waals surface area contributed by atoms with Gasteiger partial charge in [-0.25, -0.2) is 8.42 Å². The monoisotopic (exact) mass is 394 g/mol. The van der Waals surface area contributed by atoms with Gasteiger partial charge in [-0.05, 0) is 37.1 Å². The van der Waals surface area contributed by atoms with E-state index >= 15 is 0 Å². The summed E-state index contributed by atoms with van der Waals surface area (Å²) in [6.45, 7) is 2.98. The second-order valence-corrected chi connectivity index (χ2v) is 8.81. The Balaban J connectivity index is 0.00000264. The Hall–Kier alpha value is -0.630. The third-order valence-electron chi connectivity index (χ3n) is 3.24. The summed E-state index contributed by atoms with van der Waals surface area (Å²) in [5, 5.41) is 0. The summed E-state index contributed by atoms with van der Waals surface area (Å²) in [4.78, 5) is 0. The van der Waals surface area contributed by atoms with E-state index in [9.17, 15) is 8.42 Å². The maximum absolute atomic E-state index is 12.8. The summed E-state index contributed by atoms with van der Waals surface area (Å²) in [7, 11) is -3.56. The summed E-state index contributed by atoms with van der Waals surface area (Å²) in [6.07, 6.45) is 0.615. The van der Waals surface area contributed by atoms with Gasteiger partial charge < -0.3 is 5.73 Å². The lowest BCUT2D eigenvalue weighted by Crippen LogP contribution is -2.32. The van der Waals surface area contributed by atoms with Crippen LogP contribution >= 0.6 is 35.3 Å². The number of thiophene rings is 1. The van der Waals surface area contributed by atoms with E-state index in [0.29, 0.717) is 30.4 Å². The predicted octanol–water partition coefficient (Wildman–Crippen LogP) is 3.67. The fourth-order valence-corrected chi connectivity index (χ4v) is 5.35. The smallest absolute Gasteiger partial charge is 0.252 e. The topological polar surface area (TPSA) is 63.4 Å². The molecule has 0 unspecified atom stereocenters. The van der Waals surface area contributed by atoms with Gasteiger partial charge in [-0.1, -0.05) is 41.9 Å². The van der Waals surface area contributed by atoms with Crippen LogP contribution in [0.25, 0.3) is 0 Å². The van der Waals surface area contributed by atoms with E-state index in [1.807, 2.05) is 30.3 Å². The molecule has 0 saturated carbocycles. The number of aryl methyl sites for hydroxylation is 1. The van der Waals surface area contributed by atoms with Gasteiger partial charge in [0.2, 0.25) is 0 Å². The molecule has 8 heteroatoms. The molecule has 0 saturated heterocycles. The summed E-state index contributed by atoms with van der Waals surface area (Å²) in [5.74, 6) is 0. The zero-order chi connectivity index (χ0) is 16.2. The quantitative estimate of drug-likeness (QED) is 0.778. The van der Waals surface area contributed by atoms with E-state index in [0.717, 1.165) is 22.5 Å². The van der Waals surface area contributed by atoms with Crippen molar-refractivity contribution in [1.82, 2.24) is 4.31 Å². The van der Waals surface area contributed by atoms with Crippen LogP contribution in [0.2, 0.25) is 4.34 Å². The zero-order valence-corrected chi connectivity index (χ0v) is 15.9. The van der Waals surface area contributed by atoms with Gasteiger partial charge in [0.1, 0.15) is 4.21 Å². The molecule has 128 valence electrons. The molecule has 0 atom stereocenters. The number of sulfonamides is 1. The number of nitrogens with zero attached hydrogens (tertiary/aromatic N) is 1. The van der Waals surface area contributed by atoms with Crippen LogP contribution in [0.15, 0.2) is 40.6 Å². The Kier molecular flexibility index (Phi) is 8.00. The first-order chi connectivity index (χ1) is 10.4. The van der Waals surface area contributed by atoms with Crippen molar-refractivity contribution >= 4 is 45.4 Å². The van der Waals surface area contributed by atoms with E-state index < -0.39 is 10.0 Å². The van der Waals surface area contributed by atoms with Crippen LogP contribution < -0.4 is 5.73 Å². The lowest BCUT2D eigenvalue weighted by Gasteiger charge is -2.21. The van der Waals surface area contributed by atoms with Crippen LogP contribution in [0.5, 0.6) is 0 Å². The van der Waals surface area contributed by atoms with Gasteiger partial charge in [-0.3, -0.25) is 0 Å². The van der Waals surface area contributed by atoms with Gasteiger partial charge in [-0.2, -0.15) is 4.31 Å². The standard InChI is InChI=1S/C15H19ClN2O2S2.ClH/c1-12-10-14(21-15(12)16)22(19,20)18(9-5-8-17)11-13-6-3-2-4-7-13;/h2-4,6-7,10H,5,8-9,11,17H2,1H3;1H. The van der Waals surface area contributed by atoms with Crippen molar-refractivity contribution in [3.8, 4) is 0 Å². The molecular formula is C15H20Cl2N2O2S2. The van der Waals surface area contributed by atoms with Crippen molar-refractivity contribution in [1.29, 1.82) is 0 Å². The highest BCUT2D eigenvalue weighted by Crippen LogP contribution is 2.32. The zero-order valence-electron chi connectivity index (χ0n) is 12.7. The van der Waals surface area contributed by atoms with Crippen molar-refractivity contribution in [2.24, 2.45) is 5.73 Å². The minimum Gasteiger partial charge on any atom is -0.330 e. The first-order valence-corrected chi connectivity index (χ1v) is 9.58. The number of hydrogen-bond acceptors (Lipinski definition) is 4. The number of rotatable bonds is 7. The van der Waals surface area contributed by atoms with E-state index in [1.54, 1.807) is 13.0 Å². The Morgan fingerprint density at radius 3 is 2.43 bits per heavy atom. The highest BCUT2D eigenvalue weighted by atomic mass is 35.5. The van der Waals surface area contributed by atoms with E-state index in [4.69, 9.17) is 17.3 Å². The minimum atomic E-state index is -3.56. The third-order valence-corrected chi connectivity index (χ3v) is 7.09. The molecule has 0 aliphatic rings. The number of nitrogens with two attached hydrogens (primary N) is 1. The van der Waals surface area contributed by atoms with Gasteiger partial charge in [0.05, 0.1) is 4.34 Å². The van der Waals surface area contributed by atoms with Crippen molar-refractivity contribution in [2.75, 3.05) is 13.1 Å².